The Labute approximate surface area is 136 Å². The van der Waals surface area contributed by atoms with Crippen molar-refractivity contribution in [1.82, 2.24) is 4.98 Å². The molecule has 1 aromatic heterocycles. The van der Waals surface area contributed by atoms with Gasteiger partial charge in [0.1, 0.15) is 6.10 Å². The summed E-state index contributed by atoms with van der Waals surface area (Å²) in [4.78, 5) is 4.45. The standard InChI is InChI=1S/C19H21NO3/c1-13(8-9-21)17-19(2,12-22)16-10-15(11-20-18(16)23-17)14-6-4-3-5-7-14/h3-8,10-11,17,21-22H,9,12H2,1-2H3/b13-8+. The van der Waals surface area contributed by atoms with E-state index < -0.39 is 5.41 Å². The maximum Gasteiger partial charge on any atom is 0.217 e. The number of benzene rings is 1. The Kier molecular flexibility index (Phi) is 4.20. The fourth-order valence-corrected chi connectivity index (χ4v) is 3.14. The second-order valence-corrected chi connectivity index (χ2v) is 6.15. The normalized spacial score (nSPS) is 23.5. The Bertz CT molecular complexity index is 727. The molecule has 0 spiro atoms. The number of pyridine rings is 1. The molecule has 2 unspecified atom stereocenters. The number of ether oxygens (including phenoxy) is 1. The van der Waals surface area contributed by atoms with Gasteiger partial charge in [-0.2, -0.15) is 0 Å². The highest BCUT2D eigenvalue weighted by Crippen LogP contribution is 2.45. The number of nitrogens with zero attached hydrogens (tertiary/aromatic N) is 1. The Morgan fingerprint density at radius 1 is 1.26 bits per heavy atom. The first kappa shape index (κ1) is 15.7. The molecular formula is C19H21NO3. The first-order valence-electron chi connectivity index (χ1n) is 7.71. The van der Waals surface area contributed by atoms with Crippen LogP contribution in [0.25, 0.3) is 11.1 Å². The molecule has 0 radical (unpaired) electrons. The number of fused-ring (bicyclic) bond motifs is 1. The highest BCUT2D eigenvalue weighted by Gasteiger charge is 2.46. The fourth-order valence-electron chi connectivity index (χ4n) is 3.14. The third-order valence-corrected chi connectivity index (χ3v) is 4.54. The molecule has 120 valence electrons. The minimum Gasteiger partial charge on any atom is -0.469 e. The summed E-state index contributed by atoms with van der Waals surface area (Å²) in [5.74, 6) is 0.553. The fraction of sp³-hybridized carbons (Fsp3) is 0.316. The third-order valence-electron chi connectivity index (χ3n) is 4.54. The number of hydrogen-bond acceptors (Lipinski definition) is 4. The molecule has 2 N–H and O–H groups in total. The summed E-state index contributed by atoms with van der Waals surface area (Å²) in [6, 6.07) is 12.1. The highest BCUT2D eigenvalue weighted by molar-refractivity contribution is 5.65. The predicted octanol–water partition coefficient (Wildman–Crippen LogP) is 2.70. The van der Waals surface area contributed by atoms with E-state index in [1.807, 2.05) is 50.2 Å². The number of hydrogen-bond donors (Lipinski definition) is 2. The summed E-state index contributed by atoms with van der Waals surface area (Å²) >= 11 is 0. The van der Waals surface area contributed by atoms with Crippen LogP contribution in [-0.4, -0.2) is 34.5 Å². The largest absolute Gasteiger partial charge is 0.469 e. The first-order chi connectivity index (χ1) is 11.1. The number of aliphatic hydroxyl groups excluding tert-OH is 2. The monoisotopic (exact) mass is 311 g/mol. The average molecular weight is 311 g/mol. The molecule has 1 aromatic carbocycles. The van der Waals surface area contributed by atoms with E-state index >= 15 is 0 Å². The molecule has 0 fully saturated rings. The van der Waals surface area contributed by atoms with E-state index in [0.29, 0.717) is 5.88 Å². The minimum atomic E-state index is -0.580. The molecule has 0 saturated carbocycles. The van der Waals surface area contributed by atoms with Crippen LogP contribution in [0.15, 0.2) is 54.2 Å². The van der Waals surface area contributed by atoms with Crippen LogP contribution in [0.3, 0.4) is 0 Å². The van der Waals surface area contributed by atoms with Crippen molar-refractivity contribution in [3.05, 3.63) is 59.8 Å². The van der Waals surface area contributed by atoms with Crippen LogP contribution >= 0.6 is 0 Å². The van der Waals surface area contributed by atoms with Crippen molar-refractivity contribution >= 4 is 0 Å². The van der Waals surface area contributed by atoms with Crippen LogP contribution in [0, 0.1) is 0 Å². The average Bonchev–Trinajstić information content (AvgIpc) is 2.89. The Morgan fingerprint density at radius 2 is 2.00 bits per heavy atom. The Morgan fingerprint density at radius 3 is 2.65 bits per heavy atom. The van der Waals surface area contributed by atoms with E-state index in [4.69, 9.17) is 9.84 Å². The lowest BCUT2D eigenvalue weighted by Gasteiger charge is -2.28. The number of rotatable bonds is 4. The molecule has 0 bridgehead atoms. The summed E-state index contributed by atoms with van der Waals surface area (Å²) in [5, 5.41) is 19.2. The zero-order valence-electron chi connectivity index (χ0n) is 13.4. The van der Waals surface area contributed by atoms with Crippen molar-refractivity contribution in [1.29, 1.82) is 0 Å². The molecule has 0 amide bonds. The summed E-state index contributed by atoms with van der Waals surface area (Å²) in [7, 11) is 0. The zero-order chi connectivity index (χ0) is 16.4. The van der Waals surface area contributed by atoms with Crippen LogP contribution in [0.4, 0.5) is 0 Å². The zero-order valence-corrected chi connectivity index (χ0v) is 13.4. The van der Waals surface area contributed by atoms with Gasteiger partial charge in [-0.3, -0.25) is 0 Å². The Balaban J connectivity index is 2.06. The van der Waals surface area contributed by atoms with Gasteiger partial charge in [-0.15, -0.1) is 0 Å². The lowest BCUT2D eigenvalue weighted by molar-refractivity contribution is 0.120. The van der Waals surface area contributed by atoms with Crippen molar-refractivity contribution in [2.75, 3.05) is 13.2 Å². The number of aliphatic hydroxyl groups is 2. The van der Waals surface area contributed by atoms with E-state index in [9.17, 15) is 5.11 Å². The molecule has 23 heavy (non-hydrogen) atoms. The van der Waals surface area contributed by atoms with Gasteiger partial charge in [0, 0.05) is 17.3 Å². The van der Waals surface area contributed by atoms with Gasteiger partial charge in [-0.25, -0.2) is 4.98 Å². The van der Waals surface area contributed by atoms with Gasteiger partial charge in [-0.1, -0.05) is 36.4 Å². The number of aromatic nitrogens is 1. The molecule has 4 heteroatoms. The van der Waals surface area contributed by atoms with Crippen LogP contribution in [0.1, 0.15) is 19.4 Å². The van der Waals surface area contributed by atoms with E-state index in [2.05, 4.69) is 4.98 Å². The maximum absolute atomic E-state index is 10.0. The summed E-state index contributed by atoms with van der Waals surface area (Å²) in [5.41, 5.74) is 3.29. The summed E-state index contributed by atoms with van der Waals surface area (Å²) < 4.78 is 5.97. The predicted molar refractivity (Wildman–Crippen MR) is 89.4 cm³/mol. The van der Waals surface area contributed by atoms with Crippen LogP contribution in [0.2, 0.25) is 0 Å². The molecule has 2 atom stereocenters. The van der Waals surface area contributed by atoms with Crippen LogP contribution < -0.4 is 4.74 Å². The van der Waals surface area contributed by atoms with Crippen molar-refractivity contribution in [3.63, 3.8) is 0 Å². The topological polar surface area (TPSA) is 62.6 Å². The molecule has 3 rings (SSSR count). The minimum absolute atomic E-state index is 0.0494. The third kappa shape index (κ3) is 2.64. The quantitative estimate of drug-likeness (QED) is 0.852. The van der Waals surface area contributed by atoms with Crippen LogP contribution in [0.5, 0.6) is 5.88 Å². The van der Waals surface area contributed by atoms with Crippen molar-refractivity contribution in [2.24, 2.45) is 0 Å². The van der Waals surface area contributed by atoms with E-state index in [-0.39, 0.29) is 19.3 Å². The second-order valence-electron chi connectivity index (χ2n) is 6.15. The van der Waals surface area contributed by atoms with Crippen molar-refractivity contribution < 1.29 is 14.9 Å². The molecule has 0 aliphatic carbocycles. The highest BCUT2D eigenvalue weighted by atomic mass is 16.5. The van der Waals surface area contributed by atoms with Gasteiger partial charge in [0.2, 0.25) is 5.88 Å². The first-order valence-corrected chi connectivity index (χ1v) is 7.71. The smallest absolute Gasteiger partial charge is 0.217 e. The van der Waals surface area contributed by atoms with Crippen molar-refractivity contribution in [3.8, 4) is 17.0 Å². The van der Waals surface area contributed by atoms with Gasteiger partial charge in [0.25, 0.3) is 0 Å². The van der Waals surface area contributed by atoms with E-state index in [1.165, 1.54) is 0 Å². The van der Waals surface area contributed by atoms with Gasteiger partial charge < -0.3 is 14.9 Å². The van der Waals surface area contributed by atoms with E-state index in [0.717, 1.165) is 22.3 Å². The molecular weight excluding hydrogens is 290 g/mol. The molecule has 2 aromatic rings. The summed E-state index contributed by atoms with van der Waals surface area (Å²) in [6.45, 7) is 3.76. The summed E-state index contributed by atoms with van der Waals surface area (Å²) in [6.07, 6.45) is 3.18. The lowest BCUT2D eigenvalue weighted by atomic mass is 9.77. The van der Waals surface area contributed by atoms with Gasteiger partial charge in [0.15, 0.2) is 0 Å². The maximum atomic E-state index is 10.0. The molecule has 1 aliphatic rings. The Hall–Kier alpha value is -2.17. The van der Waals surface area contributed by atoms with Crippen LogP contribution in [-0.2, 0) is 5.41 Å². The van der Waals surface area contributed by atoms with Crippen molar-refractivity contribution in [2.45, 2.75) is 25.4 Å². The molecule has 0 saturated heterocycles. The van der Waals surface area contributed by atoms with Gasteiger partial charge >= 0.3 is 0 Å². The van der Waals surface area contributed by atoms with Gasteiger partial charge in [-0.05, 0) is 31.1 Å². The molecule has 4 nitrogen and oxygen atoms in total. The lowest BCUT2D eigenvalue weighted by Crippen LogP contribution is -2.39. The molecule has 2 heterocycles. The molecule has 1 aliphatic heterocycles. The SMILES string of the molecule is C/C(=C\CO)C1Oc2ncc(-c3ccccc3)cc2C1(C)CO. The van der Waals surface area contributed by atoms with E-state index in [1.54, 1.807) is 12.3 Å². The second kappa shape index (κ2) is 6.14. The van der Waals surface area contributed by atoms with Gasteiger partial charge in [0.05, 0.1) is 18.6 Å².